The summed E-state index contributed by atoms with van der Waals surface area (Å²) in [5.74, 6) is -5.11. The molecule has 0 unspecified atom stereocenters. The van der Waals surface area contributed by atoms with E-state index in [-0.39, 0.29) is 6.42 Å². The number of carboxylic acids is 1. The number of nitrogens with zero attached hydrogens (tertiary/aromatic N) is 1. The summed E-state index contributed by atoms with van der Waals surface area (Å²) in [6, 6.07) is -2.35. The molecule has 0 radical (unpaired) electrons. The van der Waals surface area contributed by atoms with Gasteiger partial charge in [-0.3, -0.25) is 9.69 Å². The lowest BCUT2D eigenvalue weighted by Crippen LogP contribution is -2.43. The quantitative estimate of drug-likeness (QED) is 0.797. The first-order valence-corrected chi connectivity index (χ1v) is 6.15. The van der Waals surface area contributed by atoms with Crippen molar-refractivity contribution in [3.63, 3.8) is 0 Å². The second-order valence-corrected chi connectivity index (χ2v) is 6.12. The van der Waals surface area contributed by atoms with Crippen LogP contribution < -0.4 is 0 Å². The van der Waals surface area contributed by atoms with Gasteiger partial charge in [-0.25, -0.2) is 13.6 Å². The van der Waals surface area contributed by atoms with E-state index in [4.69, 9.17) is 9.84 Å². The number of ether oxygens (including phenoxy) is 1. The minimum atomic E-state index is -3.03. The Hall–Kier alpha value is -1.40. The van der Waals surface area contributed by atoms with Crippen molar-refractivity contribution in [3.05, 3.63) is 0 Å². The molecule has 2 heterocycles. The average molecular weight is 277 g/mol. The predicted octanol–water partition coefficient (Wildman–Crippen LogP) is 2.10. The van der Waals surface area contributed by atoms with Crippen LogP contribution in [-0.4, -0.2) is 45.7 Å². The minimum Gasteiger partial charge on any atom is -0.481 e. The third-order valence-electron chi connectivity index (χ3n) is 3.53. The second-order valence-electron chi connectivity index (χ2n) is 6.12. The van der Waals surface area contributed by atoms with Crippen molar-refractivity contribution in [2.45, 2.75) is 57.2 Å². The first kappa shape index (κ1) is 14.0. The summed E-state index contributed by atoms with van der Waals surface area (Å²) >= 11 is 0. The summed E-state index contributed by atoms with van der Waals surface area (Å²) in [6.07, 6.45) is -1.68. The van der Waals surface area contributed by atoms with Crippen LogP contribution in [0, 0.1) is 5.92 Å². The van der Waals surface area contributed by atoms with E-state index in [1.165, 1.54) is 0 Å². The lowest BCUT2D eigenvalue weighted by atomic mass is 9.87. The molecular weight excluding hydrogens is 260 g/mol. The van der Waals surface area contributed by atoms with E-state index >= 15 is 0 Å². The Morgan fingerprint density at radius 1 is 1.37 bits per heavy atom. The monoisotopic (exact) mass is 277 g/mol. The Labute approximate surface area is 109 Å². The number of carbonyl (C=O) groups excluding carboxylic acids is 1. The van der Waals surface area contributed by atoms with Crippen molar-refractivity contribution < 1.29 is 28.2 Å². The van der Waals surface area contributed by atoms with E-state index < -0.39 is 48.0 Å². The molecule has 0 aromatic carbocycles. The number of aliphatic carboxylic acids is 1. The van der Waals surface area contributed by atoms with Gasteiger partial charge in [-0.15, -0.1) is 0 Å². The maximum absolute atomic E-state index is 13.7. The van der Waals surface area contributed by atoms with Gasteiger partial charge in [0, 0.05) is 6.42 Å². The van der Waals surface area contributed by atoms with Crippen molar-refractivity contribution in [1.82, 2.24) is 4.90 Å². The largest absolute Gasteiger partial charge is 0.481 e. The number of halogens is 2. The van der Waals surface area contributed by atoms with E-state index in [1.54, 1.807) is 20.8 Å². The molecular formula is C12H17F2NO4. The number of fused-ring (bicyclic) bond motifs is 2. The number of hydrogen-bond donors (Lipinski definition) is 1. The van der Waals surface area contributed by atoms with Crippen molar-refractivity contribution in [3.8, 4) is 0 Å². The molecule has 0 spiro atoms. The van der Waals surface area contributed by atoms with Crippen LogP contribution >= 0.6 is 0 Å². The molecule has 2 saturated heterocycles. The number of hydrogen-bond acceptors (Lipinski definition) is 3. The Bertz CT molecular complexity index is 418. The Balaban J connectivity index is 2.21. The fourth-order valence-electron chi connectivity index (χ4n) is 2.81. The van der Waals surface area contributed by atoms with E-state index in [1.807, 2.05) is 0 Å². The summed E-state index contributed by atoms with van der Waals surface area (Å²) in [5.41, 5.74) is -0.798. The van der Waals surface area contributed by atoms with Crippen LogP contribution in [0.25, 0.3) is 0 Å². The van der Waals surface area contributed by atoms with Crippen molar-refractivity contribution in [2.75, 3.05) is 0 Å². The first-order chi connectivity index (χ1) is 8.53. The molecule has 2 fully saturated rings. The molecule has 108 valence electrons. The van der Waals surface area contributed by atoms with Crippen LogP contribution in [0.4, 0.5) is 13.6 Å². The van der Waals surface area contributed by atoms with Gasteiger partial charge in [0.1, 0.15) is 5.60 Å². The van der Waals surface area contributed by atoms with Crippen molar-refractivity contribution >= 4 is 12.1 Å². The normalized spacial score (nSPS) is 32.5. The fourth-order valence-corrected chi connectivity index (χ4v) is 2.81. The van der Waals surface area contributed by atoms with Gasteiger partial charge in [0.15, 0.2) is 0 Å². The maximum Gasteiger partial charge on any atom is 0.411 e. The highest BCUT2D eigenvalue weighted by Gasteiger charge is 2.65. The fraction of sp³-hybridized carbons (Fsp3) is 0.833. The van der Waals surface area contributed by atoms with Gasteiger partial charge in [-0.05, 0) is 27.2 Å². The van der Waals surface area contributed by atoms with Gasteiger partial charge < -0.3 is 9.84 Å². The third kappa shape index (κ3) is 2.37. The van der Waals surface area contributed by atoms with E-state index in [2.05, 4.69) is 0 Å². The zero-order chi connectivity index (χ0) is 14.6. The average Bonchev–Trinajstić information content (AvgIpc) is 2.64. The van der Waals surface area contributed by atoms with Crippen LogP contribution in [0.3, 0.4) is 0 Å². The lowest BCUT2D eigenvalue weighted by Gasteiger charge is -2.27. The summed E-state index contributed by atoms with van der Waals surface area (Å²) in [4.78, 5) is 23.9. The highest BCUT2D eigenvalue weighted by atomic mass is 19.3. The molecule has 2 rings (SSSR count). The molecule has 0 saturated carbocycles. The zero-order valence-electron chi connectivity index (χ0n) is 11.0. The molecule has 0 aromatic heterocycles. The molecule has 3 atom stereocenters. The highest BCUT2D eigenvalue weighted by Crippen LogP contribution is 2.50. The van der Waals surface area contributed by atoms with Crippen LogP contribution in [0.5, 0.6) is 0 Å². The lowest BCUT2D eigenvalue weighted by molar-refractivity contribution is -0.144. The maximum atomic E-state index is 13.7. The van der Waals surface area contributed by atoms with E-state index in [0.29, 0.717) is 0 Å². The van der Waals surface area contributed by atoms with Crippen molar-refractivity contribution in [2.24, 2.45) is 5.92 Å². The van der Waals surface area contributed by atoms with Gasteiger partial charge in [-0.1, -0.05) is 0 Å². The summed E-state index contributed by atoms with van der Waals surface area (Å²) in [6.45, 7) is 4.90. The van der Waals surface area contributed by atoms with Crippen molar-refractivity contribution in [1.29, 1.82) is 0 Å². The van der Waals surface area contributed by atoms with E-state index in [0.717, 1.165) is 4.90 Å². The van der Waals surface area contributed by atoms with Gasteiger partial charge in [-0.2, -0.15) is 0 Å². The summed E-state index contributed by atoms with van der Waals surface area (Å²) in [5, 5.41) is 9.01. The van der Waals surface area contributed by atoms with Gasteiger partial charge in [0.05, 0.1) is 18.0 Å². The van der Waals surface area contributed by atoms with Crippen LogP contribution in [0.15, 0.2) is 0 Å². The molecule has 1 amide bonds. The van der Waals surface area contributed by atoms with Gasteiger partial charge in [0.25, 0.3) is 5.92 Å². The van der Waals surface area contributed by atoms with Crippen LogP contribution in [0.1, 0.15) is 33.6 Å². The second kappa shape index (κ2) is 4.05. The summed E-state index contributed by atoms with van der Waals surface area (Å²) < 4.78 is 32.4. The number of rotatable bonds is 1. The molecule has 5 nitrogen and oxygen atoms in total. The minimum absolute atomic E-state index is 0.216. The van der Waals surface area contributed by atoms with Crippen LogP contribution in [0.2, 0.25) is 0 Å². The molecule has 19 heavy (non-hydrogen) atoms. The summed E-state index contributed by atoms with van der Waals surface area (Å²) in [7, 11) is 0. The molecule has 2 aliphatic rings. The van der Waals surface area contributed by atoms with Crippen LogP contribution in [-0.2, 0) is 9.53 Å². The molecule has 7 heteroatoms. The molecule has 0 aromatic rings. The Morgan fingerprint density at radius 3 is 2.42 bits per heavy atom. The molecule has 1 N–H and O–H groups in total. The number of carboxylic acid groups (broad SMARTS) is 1. The third-order valence-corrected chi connectivity index (χ3v) is 3.53. The Morgan fingerprint density at radius 2 is 1.95 bits per heavy atom. The molecule has 2 aliphatic heterocycles. The number of carbonyl (C=O) groups is 2. The first-order valence-electron chi connectivity index (χ1n) is 6.15. The molecule has 2 bridgehead atoms. The smallest absolute Gasteiger partial charge is 0.411 e. The predicted molar refractivity (Wildman–Crippen MR) is 61.0 cm³/mol. The topological polar surface area (TPSA) is 66.8 Å². The van der Waals surface area contributed by atoms with E-state index in [9.17, 15) is 18.4 Å². The number of alkyl halides is 2. The standard InChI is InChI=1S/C12H17F2NO4/c1-11(2,3)19-10(18)15-7-5-12(13,14)8(15)4-6(7)9(16)17/h6-8H,4-5H2,1-3H3,(H,16,17)/t6-,7+,8+/m1/s1. The number of amides is 1. The highest BCUT2D eigenvalue weighted by molar-refractivity contribution is 5.76. The SMILES string of the molecule is CC(C)(C)OC(=O)N1[C@H]2C[C@@H](C(=O)O)[C@@H]1CC2(F)F. The zero-order valence-corrected chi connectivity index (χ0v) is 11.0. The van der Waals surface area contributed by atoms with Gasteiger partial charge in [0.2, 0.25) is 0 Å². The Kier molecular flexibility index (Phi) is 2.98. The van der Waals surface area contributed by atoms with Gasteiger partial charge >= 0.3 is 12.1 Å². The molecule has 0 aliphatic carbocycles.